The molecule has 0 radical (unpaired) electrons. The topological polar surface area (TPSA) is 26.7 Å². The number of aliphatic hydroxyl groups excluding tert-OH is 1. The Morgan fingerprint density at radius 2 is 1.53 bits per heavy atom. The Kier molecular flexibility index (Phi) is 3.69. The van der Waals surface area contributed by atoms with Crippen LogP contribution < -0.4 is 0 Å². The van der Waals surface area contributed by atoms with Gasteiger partial charge in [0.25, 0.3) is 0 Å². The maximum absolute atomic E-state index is 10.2. The molecule has 0 aromatic heterocycles. The molecule has 17 heavy (non-hydrogen) atoms. The number of fused-ring (bicyclic) bond motifs is 1. The molecule has 0 aromatic rings. The minimum atomic E-state index is -0.0586. The molecule has 2 aliphatic heterocycles. The normalized spacial score (nSPS) is 41.1. The second kappa shape index (κ2) is 5.25. The van der Waals surface area contributed by atoms with Gasteiger partial charge in [0.15, 0.2) is 0 Å². The number of hydrogen-bond acceptors (Lipinski definition) is 3. The minimum Gasteiger partial charge on any atom is -0.391 e. The highest BCUT2D eigenvalue weighted by atomic mass is 16.3. The molecule has 3 heteroatoms. The van der Waals surface area contributed by atoms with E-state index < -0.39 is 0 Å². The largest absolute Gasteiger partial charge is 0.391 e. The highest BCUT2D eigenvalue weighted by Crippen LogP contribution is 2.28. The Balaban J connectivity index is 1.65. The molecule has 3 atom stereocenters. The summed E-state index contributed by atoms with van der Waals surface area (Å²) in [5.41, 5.74) is 0. The summed E-state index contributed by atoms with van der Waals surface area (Å²) in [5, 5.41) is 10.2. The monoisotopic (exact) mass is 238 g/mol. The van der Waals surface area contributed by atoms with E-state index in [9.17, 15) is 5.11 Å². The number of rotatable bonds is 1. The van der Waals surface area contributed by atoms with E-state index >= 15 is 0 Å². The van der Waals surface area contributed by atoms with Crippen molar-refractivity contribution in [1.29, 1.82) is 0 Å². The van der Waals surface area contributed by atoms with Crippen molar-refractivity contribution in [2.75, 3.05) is 26.2 Å². The zero-order valence-corrected chi connectivity index (χ0v) is 10.9. The van der Waals surface area contributed by atoms with Gasteiger partial charge in [-0.1, -0.05) is 12.8 Å². The van der Waals surface area contributed by atoms with Crippen molar-refractivity contribution in [2.24, 2.45) is 0 Å². The van der Waals surface area contributed by atoms with Crippen LogP contribution >= 0.6 is 0 Å². The van der Waals surface area contributed by atoms with E-state index in [2.05, 4.69) is 9.80 Å². The zero-order chi connectivity index (χ0) is 11.7. The number of aliphatic hydroxyl groups is 1. The first-order valence-corrected chi connectivity index (χ1v) is 7.51. The molecule has 1 saturated carbocycles. The fraction of sp³-hybridized carbons (Fsp3) is 1.00. The van der Waals surface area contributed by atoms with Gasteiger partial charge in [0.1, 0.15) is 0 Å². The number of hydrogen-bond donors (Lipinski definition) is 1. The molecule has 0 bridgehead atoms. The smallest absolute Gasteiger partial charge is 0.0695 e. The minimum absolute atomic E-state index is 0.0586. The molecule has 0 spiro atoms. The van der Waals surface area contributed by atoms with Gasteiger partial charge < -0.3 is 5.11 Å². The summed E-state index contributed by atoms with van der Waals surface area (Å²) in [7, 11) is 0. The van der Waals surface area contributed by atoms with Crippen LogP contribution in [0.5, 0.6) is 0 Å². The van der Waals surface area contributed by atoms with Crippen LogP contribution in [0.4, 0.5) is 0 Å². The third kappa shape index (κ3) is 2.51. The summed E-state index contributed by atoms with van der Waals surface area (Å²) < 4.78 is 0. The Morgan fingerprint density at radius 3 is 2.41 bits per heavy atom. The van der Waals surface area contributed by atoms with Crippen molar-refractivity contribution in [3.63, 3.8) is 0 Å². The Morgan fingerprint density at radius 1 is 0.765 bits per heavy atom. The molecule has 2 saturated heterocycles. The van der Waals surface area contributed by atoms with Crippen molar-refractivity contribution in [3.8, 4) is 0 Å². The lowest BCUT2D eigenvalue weighted by Gasteiger charge is -2.38. The van der Waals surface area contributed by atoms with E-state index in [1.54, 1.807) is 0 Å². The molecule has 0 amide bonds. The molecule has 98 valence electrons. The van der Waals surface area contributed by atoms with Gasteiger partial charge in [0.2, 0.25) is 0 Å². The molecule has 2 heterocycles. The lowest BCUT2D eigenvalue weighted by molar-refractivity contribution is 0.0171. The summed E-state index contributed by atoms with van der Waals surface area (Å²) in [6, 6.07) is 1.25. The maximum atomic E-state index is 10.2. The van der Waals surface area contributed by atoms with Crippen molar-refractivity contribution in [1.82, 2.24) is 9.80 Å². The molecule has 0 aromatic carbocycles. The van der Waals surface area contributed by atoms with Gasteiger partial charge in [-0.05, 0) is 51.7 Å². The van der Waals surface area contributed by atoms with Crippen LogP contribution in [0.1, 0.15) is 44.9 Å². The summed E-state index contributed by atoms with van der Waals surface area (Å²) >= 11 is 0. The van der Waals surface area contributed by atoms with E-state index in [0.29, 0.717) is 6.04 Å². The summed E-state index contributed by atoms with van der Waals surface area (Å²) in [4.78, 5) is 5.29. The average Bonchev–Trinajstić information content (AvgIpc) is 2.68. The van der Waals surface area contributed by atoms with E-state index in [-0.39, 0.29) is 6.10 Å². The second-order valence-corrected chi connectivity index (χ2v) is 6.10. The van der Waals surface area contributed by atoms with Crippen LogP contribution in [0.15, 0.2) is 0 Å². The maximum Gasteiger partial charge on any atom is 0.0695 e. The van der Waals surface area contributed by atoms with E-state index in [0.717, 1.165) is 12.5 Å². The van der Waals surface area contributed by atoms with Crippen LogP contribution in [0.2, 0.25) is 0 Å². The van der Waals surface area contributed by atoms with Crippen LogP contribution in [0.25, 0.3) is 0 Å². The van der Waals surface area contributed by atoms with Crippen LogP contribution in [0, 0.1) is 0 Å². The van der Waals surface area contributed by atoms with Crippen molar-refractivity contribution >= 4 is 0 Å². The molecule has 3 unspecified atom stereocenters. The first kappa shape index (κ1) is 11.9. The second-order valence-electron chi connectivity index (χ2n) is 6.10. The van der Waals surface area contributed by atoms with Crippen molar-refractivity contribution in [2.45, 2.75) is 63.1 Å². The highest BCUT2D eigenvalue weighted by molar-refractivity contribution is 4.90. The first-order valence-electron chi connectivity index (χ1n) is 7.51. The molecule has 3 aliphatic rings. The van der Waals surface area contributed by atoms with E-state index in [1.807, 2.05) is 0 Å². The van der Waals surface area contributed by atoms with Gasteiger partial charge in [0.05, 0.1) is 6.10 Å². The molecule has 3 nitrogen and oxygen atoms in total. The van der Waals surface area contributed by atoms with Gasteiger partial charge in [0, 0.05) is 18.6 Å². The molecule has 1 aliphatic carbocycles. The highest BCUT2D eigenvalue weighted by Gasteiger charge is 2.34. The summed E-state index contributed by atoms with van der Waals surface area (Å²) in [6.45, 7) is 5.01. The quantitative estimate of drug-likeness (QED) is 0.749. The third-order valence-electron chi connectivity index (χ3n) is 5.00. The van der Waals surface area contributed by atoms with Gasteiger partial charge in [-0.15, -0.1) is 0 Å². The predicted molar refractivity (Wildman–Crippen MR) is 69.0 cm³/mol. The average molecular weight is 238 g/mol. The Bertz CT molecular complexity index is 259. The van der Waals surface area contributed by atoms with Crippen LogP contribution in [-0.2, 0) is 0 Å². The fourth-order valence-electron chi connectivity index (χ4n) is 4.05. The SMILES string of the molecule is OC1CCCCC1N1CCCN2CCCC2C1. The lowest BCUT2D eigenvalue weighted by atomic mass is 9.91. The van der Waals surface area contributed by atoms with Crippen LogP contribution in [-0.4, -0.2) is 59.3 Å². The summed E-state index contributed by atoms with van der Waals surface area (Å²) in [5.74, 6) is 0. The Hall–Kier alpha value is -0.120. The van der Waals surface area contributed by atoms with E-state index in [4.69, 9.17) is 0 Å². The van der Waals surface area contributed by atoms with Gasteiger partial charge >= 0.3 is 0 Å². The van der Waals surface area contributed by atoms with Gasteiger partial charge in [-0.25, -0.2) is 0 Å². The molecule has 3 fully saturated rings. The molecular formula is C14H26N2O. The van der Waals surface area contributed by atoms with Gasteiger partial charge in [-0.3, -0.25) is 9.80 Å². The van der Waals surface area contributed by atoms with E-state index in [1.165, 1.54) is 64.7 Å². The van der Waals surface area contributed by atoms with Crippen molar-refractivity contribution in [3.05, 3.63) is 0 Å². The first-order chi connectivity index (χ1) is 8.34. The lowest BCUT2D eigenvalue weighted by Crippen LogP contribution is -2.48. The van der Waals surface area contributed by atoms with Crippen LogP contribution in [0.3, 0.4) is 0 Å². The van der Waals surface area contributed by atoms with Crippen molar-refractivity contribution < 1.29 is 5.11 Å². The van der Waals surface area contributed by atoms with Gasteiger partial charge in [-0.2, -0.15) is 0 Å². The molecule has 1 N–H and O–H groups in total. The number of nitrogens with zero attached hydrogens (tertiary/aromatic N) is 2. The standard InChI is InChI=1S/C14H26N2O/c17-14-7-2-1-6-13(14)16-10-4-9-15-8-3-5-12(15)11-16/h12-14,17H,1-11H2. The summed E-state index contributed by atoms with van der Waals surface area (Å²) in [6.07, 6.45) is 8.76. The Labute approximate surface area is 105 Å². The predicted octanol–water partition coefficient (Wildman–Crippen LogP) is 1.46. The zero-order valence-electron chi connectivity index (χ0n) is 10.9. The fourth-order valence-corrected chi connectivity index (χ4v) is 4.05. The third-order valence-corrected chi connectivity index (χ3v) is 5.00. The molecule has 3 rings (SSSR count). The molecular weight excluding hydrogens is 212 g/mol.